The number of benzene rings is 1. The summed E-state index contributed by atoms with van der Waals surface area (Å²) in [4.78, 5) is 10.7. The molecule has 0 atom stereocenters. The van der Waals surface area contributed by atoms with Crippen LogP contribution in [0.25, 0.3) is 0 Å². The van der Waals surface area contributed by atoms with Crippen molar-refractivity contribution >= 4 is 5.91 Å². The van der Waals surface area contributed by atoms with E-state index in [1.54, 1.807) is 6.07 Å². The van der Waals surface area contributed by atoms with Gasteiger partial charge in [-0.25, -0.2) is 4.39 Å². The summed E-state index contributed by atoms with van der Waals surface area (Å²) in [6.45, 7) is 3.17. The molecule has 0 fully saturated rings. The highest BCUT2D eigenvalue weighted by Crippen LogP contribution is 2.09. The molecule has 1 aromatic carbocycles. The average molecular weight is 196 g/mol. The van der Waals surface area contributed by atoms with E-state index in [-0.39, 0.29) is 5.56 Å². The van der Waals surface area contributed by atoms with Crippen molar-refractivity contribution in [3.05, 3.63) is 35.1 Å². The van der Waals surface area contributed by atoms with Crippen LogP contribution in [0.15, 0.2) is 18.2 Å². The van der Waals surface area contributed by atoms with Crippen molar-refractivity contribution in [3.8, 4) is 0 Å². The number of hydrogen-bond acceptors (Lipinski definition) is 2. The smallest absolute Gasteiger partial charge is 0.248 e. The molecular formula is C10H13FN2O. The maximum atomic E-state index is 13.3. The fourth-order valence-electron chi connectivity index (χ4n) is 1.10. The second-order valence-electron chi connectivity index (χ2n) is 2.95. The van der Waals surface area contributed by atoms with E-state index in [1.165, 1.54) is 6.07 Å². The van der Waals surface area contributed by atoms with Gasteiger partial charge < -0.3 is 11.1 Å². The van der Waals surface area contributed by atoms with Crippen LogP contribution >= 0.6 is 0 Å². The Hall–Kier alpha value is -1.42. The minimum absolute atomic E-state index is 0.197. The average Bonchev–Trinajstić information content (AvgIpc) is 2.15. The molecule has 1 rings (SSSR count). The van der Waals surface area contributed by atoms with Gasteiger partial charge in [0.15, 0.2) is 0 Å². The fraction of sp³-hybridized carbons (Fsp3) is 0.300. The molecule has 0 bridgehead atoms. The lowest BCUT2D eigenvalue weighted by molar-refractivity contribution is 0.1000. The lowest BCUT2D eigenvalue weighted by Gasteiger charge is -2.04. The summed E-state index contributed by atoms with van der Waals surface area (Å²) >= 11 is 0. The van der Waals surface area contributed by atoms with E-state index in [2.05, 4.69) is 5.32 Å². The number of primary amides is 1. The predicted octanol–water partition coefficient (Wildman–Crippen LogP) is 1.03. The van der Waals surface area contributed by atoms with Crippen LogP contribution in [0.4, 0.5) is 4.39 Å². The number of hydrogen-bond donors (Lipinski definition) is 2. The van der Waals surface area contributed by atoms with Gasteiger partial charge in [-0.2, -0.15) is 0 Å². The lowest BCUT2D eigenvalue weighted by atomic mass is 10.1. The third-order valence-electron chi connectivity index (χ3n) is 1.90. The number of halogens is 1. The molecule has 0 spiro atoms. The Kier molecular flexibility index (Phi) is 3.59. The number of nitrogens with two attached hydrogens (primary N) is 1. The highest BCUT2D eigenvalue weighted by molar-refractivity contribution is 5.92. The minimum Gasteiger partial charge on any atom is -0.366 e. The normalized spacial score (nSPS) is 10.1. The van der Waals surface area contributed by atoms with Gasteiger partial charge >= 0.3 is 0 Å². The summed E-state index contributed by atoms with van der Waals surface area (Å²) in [6.07, 6.45) is 0. The van der Waals surface area contributed by atoms with Crippen molar-refractivity contribution in [1.29, 1.82) is 0 Å². The van der Waals surface area contributed by atoms with E-state index in [0.717, 1.165) is 12.6 Å². The standard InChI is InChI=1S/C10H13FN2O/c1-2-13-6-8-4-3-7(10(12)14)5-9(8)11/h3-5,13H,2,6H2,1H3,(H2,12,14). The number of carbonyl (C=O) groups is 1. The maximum absolute atomic E-state index is 13.3. The molecule has 4 heteroatoms. The molecule has 1 amide bonds. The van der Waals surface area contributed by atoms with E-state index in [9.17, 15) is 9.18 Å². The third kappa shape index (κ3) is 2.53. The molecule has 1 aromatic rings. The maximum Gasteiger partial charge on any atom is 0.248 e. The van der Waals surface area contributed by atoms with E-state index < -0.39 is 11.7 Å². The van der Waals surface area contributed by atoms with E-state index in [0.29, 0.717) is 12.1 Å². The molecule has 0 aliphatic carbocycles. The lowest BCUT2D eigenvalue weighted by Crippen LogP contribution is -2.15. The second-order valence-corrected chi connectivity index (χ2v) is 2.95. The summed E-state index contributed by atoms with van der Waals surface area (Å²) in [6, 6.07) is 4.26. The molecule has 0 unspecified atom stereocenters. The van der Waals surface area contributed by atoms with Crippen LogP contribution in [0.1, 0.15) is 22.8 Å². The Morgan fingerprint density at radius 3 is 2.79 bits per heavy atom. The van der Waals surface area contributed by atoms with Crippen LogP contribution in [0, 0.1) is 5.82 Å². The Bertz CT molecular complexity index is 339. The molecule has 0 aromatic heterocycles. The summed E-state index contributed by atoms with van der Waals surface area (Å²) in [5.74, 6) is -1.01. The van der Waals surface area contributed by atoms with Gasteiger partial charge in [0.05, 0.1) is 0 Å². The number of amides is 1. The zero-order chi connectivity index (χ0) is 10.6. The molecule has 3 N–H and O–H groups in total. The van der Waals surface area contributed by atoms with Crippen molar-refractivity contribution in [2.24, 2.45) is 5.73 Å². The summed E-state index contributed by atoms with van der Waals surface area (Å²) in [5.41, 5.74) is 5.75. The molecule has 3 nitrogen and oxygen atoms in total. The molecule has 0 saturated carbocycles. The van der Waals surface area contributed by atoms with Crippen LogP contribution in [-0.4, -0.2) is 12.5 Å². The Morgan fingerprint density at radius 2 is 2.29 bits per heavy atom. The second kappa shape index (κ2) is 4.72. The van der Waals surface area contributed by atoms with Gasteiger partial charge in [0.1, 0.15) is 5.82 Å². The first-order valence-corrected chi connectivity index (χ1v) is 4.44. The van der Waals surface area contributed by atoms with Gasteiger partial charge in [-0.3, -0.25) is 4.79 Å². The molecule has 0 heterocycles. The number of carbonyl (C=O) groups excluding carboxylic acids is 1. The van der Waals surface area contributed by atoms with Crippen molar-refractivity contribution in [2.45, 2.75) is 13.5 Å². The fourth-order valence-corrected chi connectivity index (χ4v) is 1.10. The van der Waals surface area contributed by atoms with Gasteiger partial charge in [-0.05, 0) is 18.7 Å². The van der Waals surface area contributed by atoms with E-state index >= 15 is 0 Å². The topological polar surface area (TPSA) is 55.1 Å². The van der Waals surface area contributed by atoms with Crippen LogP contribution in [0.5, 0.6) is 0 Å². The monoisotopic (exact) mass is 196 g/mol. The Morgan fingerprint density at radius 1 is 1.57 bits per heavy atom. The molecule has 0 radical (unpaired) electrons. The van der Waals surface area contributed by atoms with Gasteiger partial charge in [-0.1, -0.05) is 13.0 Å². The third-order valence-corrected chi connectivity index (χ3v) is 1.90. The molecule has 76 valence electrons. The van der Waals surface area contributed by atoms with Crippen LogP contribution in [-0.2, 0) is 6.54 Å². The Labute approximate surface area is 82.1 Å². The van der Waals surface area contributed by atoms with Gasteiger partial charge in [0.25, 0.3) is 0 Å². The largest absolute Gasteiger partial charge is 0.366 e. The van der Waals surface area contributed by atoms with Crippen LogP contribution < -0.4 is 11.1 Å². The van der Waals surface area contributed by atoms with Crippen molar-refractivity contribution in [1.82, 2.24) is 5.32 Å². The molecule has 0 saturated heterocycles. The quantitative estimate of drug-likeness (QED) is 0.755. The number of rotatable bonds is 4. The first kappa shape index (κ1) is 10.7. The van der Waals surface area contributed by atoms with Crippen molar-refractivity contribution in [3.63, 3.8) is 0 Å². The highest BCUT2D eigenvalue weighted by atomic mass is 19.1. The highest BCUT2D eigenvalue weighted by Gasteiger charge is 2.05. The first-order valence-electron chi connectivity index (χ1n) is 4.44. The summed E-state index contributed by atoms with van der Waals surface area (Å²) in [7, 11) is 0. The van der Waals surface area contributed by atoms with Gasteiger partial charge in [-0.15, -0.1) is 0 Å². The zero-order valence-electron chi connectivity index (χ0n) is 8.01. The number of nitrogens with one attached hydrogen (secondary N) is 1. The molecule has 0 aliphatic rings. The van der Waals surface area contributed by atoms with E-state index in [4.69, 9.17) is 5.73 Å². The minimum atomic E-state index is -0.612. The summed E-state index contributed by atoms with van der Waals surface area (Å²) < 4.78 is 13.3. The van der Waals surface area contributed by atoms with Crippen molar-refractivity contribution < 1.29 is 9.18 Å². The molecule has 0 aliphatic heterocycles. The SMILES string of the molecule is CCNCc1ccc(C(N)=O)cc1F. The van der Waals surface area contributed by atoms with Crippen LogP contribution in [0.2, 0.25) is 0 Å². The molecule has 14 heavy (non-hydrogen) atoms. The summed E-state index contributed by atoms with van der Waals surface area (Å²) in [5, 5.41) is 3.00. The predicted molar refractivity (Wildman–Crippen MR) is 52.3 cm³/mol. The van der Waals surface area contributed by atoms with E-state index in [1.807, 2.05) is 6.92 Å². The van der Waals surface area contributed by atoms with Gasteiger partial charge in [0.2, 0.25) is 5.91 Å². The first-order chi connectivity index (χ1) is 6.65. The van der Waals surface area contributed by atoms with Gasteiger partial charge in [0, 0.05) is 17.7 Å². The zero-order valence-corrected chi connectivity index (χ0v) is 8.01. The molecular weight excluding hydrogens is 183 g/mol. The Balaban J connectivity index is 2.84. The van der Waals surface area contributed by atoms with Crippen molar-refractivity contribution in [2.75, 3.05) is 6.54 Å². The van der Waals surface area contributed by atoms with Crippen LogP contribution in [0.3, 0.4) is 0 Å².